The summed E-state index contributed by atoms with van der Waals surface area (Å²) >= 11 is 0. The molecule has 1 heterocycles. The van der Waals surface area contributed by atoms with Crippen molar-refractivity contribution in [3.8, 4) is 22.6 Å². The van der Waals surface area contributed by atoms with Gasteiger partial charge < -0.3 is 20.1 Å². The van der Waals surface area contributed by atoms with Gasteiger partial charge in [0.05, 0.1) is 5.66 Å². The van der Waals surface area contributed by atoms with Gasteiger partial charge in [-0.1, -0.05) is 0 Å². The van der Waals surface area contributed by atoms with E-state index in [9.17, 15) is 18.3 Å². The number of anilines is 2. The molecule has 0 saturated heterocycles. The summed E-state index contributed by atoms with van der Waals surface area (Å²) in [5.74, 6) is -0.518. The number of benzene rings is 2. The van der Waals surface area contributed by atoms with E-state index in [0.29, 0.717) is 11.3 Å². The Balaban J connectivity index is 2.27. The topological polar surface area (TPSA) is 68.8 Å². The first-order valence-electron chi connectivity index (χ1n) is 9.76. The Morgan fingerprint density at radius 2 is 1.80 bits per heavy atom. The van der Waals surface area contributed by atoms with E-state index in [0.717, 1.165) is 36.8 Å². The molecule has 164 valence electrons. The Kier molecular flexibility index (Phi) is 6.05. The lowest BCUT2D eigenvalue weighted by atomic mass is 9.86. The van der Waals surface area contributed by atoms with E-state index in [4.69, 9.17) is 0 Å². The van der Waals surface area contributed by atoms with Gasteiger partial charge in [0.1, 0.15) is 11.5 Å². The molecule has 1 aliphatic rings. The maximum absolute atomic E-state index is 13.0. The summed E-state index contributed by atoms with van der Waals surface area (Å²) < 4.78 is 43.2. The van der Waals surface area contributed by atoms with Crippen molar-refractivity contribution in [2.24, 2.45) is 0 Å². The van der Waals surface area contributed by atoms with Crippen molar-refractivity contribution >= 4 is 11.4 Å². The lowest BCUT2D eigenvalue weighted by Gasteiger charge is -2.44. The van der Waals surface area contributed by atoms with Crippen molar-refractivity contribution in [1.82, 2.24) is 10.6 Å². The SMILES string of the molecule is CCN1CCC(NC)(NC)c2cc(NC)c(-c3cc(O)ccc3OC(F)(F)F)cc21. The van der Waals surface area contributed by atoms with Crippen LogP contribution in [0.3, 0.4) is 0 Å². The van der Waals surface area contributed by atoms with Crippen LogP contribution in [0.15, 0.2) is 30.3 Å². The van der Waals surface area contributed by atoms with Crippen molar-refractivity contribution in [3.05, 3.63) is 35.9 Å². The van der Waals surface area contributed by atoms with E-state index in [1.165, 1.54) is 12.1 Å². The van der Waals surface area contributed by atoms with Gasteiger partial charge in [-0.15, -0.1) is 13.2 Å². The van der Waals surface area contributed by atoms with Crippen LogP contribution in [0.25, 0.3) is 11.1 Å². The molecule has 0 unspecified atom stereocenters. The zero-order chi connectivity index (χ0) is 22.1. The number of phenolic OH excluding ortho intramolecular Hbond substituents is 1. The summed E-state index contributed by atoms with van der Waals surface area (Å²) in [6.07, 6.45) is -4.03. The molecular weight excluding hydrogens is 397 g/mol. The van der Waals surface area contributed by atoms with Gasteiger partial charge >= 0.3 is 6.36 Å². The number of aromatic hydroxyl groups is 1. The zero-order valence-corrected chi connectivity index (χ0v) is 17.4. The first kappa shape index (κ1) is 22.0. The Bertz CT molecular complexity index is 914. The van der Waals surface area contributed by atoms with Crippen LogP contribution in [-0.2, 0) is 5.66 Å². The van der Waals surface area contributed by atoms with Crippen molar-refractivity contribution in [1.29, 1.82) is 0 Å². The van der Waals surface area contributed by atoms with Gasteiger partial charge in [0.25, 0.3) is 0 Å². The number of halogens is 3. The molecule has 0 amide bonds. The van der Waals surface area contributed by atoms with Crippen molar-refractivity contribution in [2.45, 2.75) is 25.4 Å². The monoisotopic (exact) mass is 424 g/mol. The molecule has 0 spiro atoms. The smallest absolute Gasteiger partial charge is 0.508 e. The van der Waals surface area contributed by atoms with Crippen LogP contribution in [-0.4, -0.2) is 45.7 Å². The van der Waals surface area contributed by atoms with Crippen LogP contribution in [0.2, 0.25) is 0 Å². The molecule has 0 saturated carbocycles. The fourth-order valence-corrected chi connectivity index (χ4v) is 4.09. The quantitative estimate of drug-likeness (QED) is 0.529. The standard InChI is InChI=1S/C21H27F3N4O2/c1-5-28-9-8-20(26-3,27-4)16-12-17(25-2)14(11-18(16)28)15-10-13(29)6-7-19(15)30-21(22,23)24/h6-7,10-12,25-27,29H,5,8-9H2,1-4H3. The number of nitrogens with one attached hydrogen (secondary N) is 3. The van der Waals surface area contributed by atoms with Crippen LogP contribution in [0.1, 0.15) is 18.9 Å². The predicted molar refractivity (Wildman–Crippen MR) is 112 cm³/mol. The number of rotatable bonds is 6. The zero-order valence-electron chi connectivity index (χ0n) is 17.4. The highest BCUT2D eigenvalue weighted by molar-refractivity contribution is 5.87. The van der Waals surface area contributed by atoms with Crippen molar-refractivity contribution in [3.63, 3.8) is 0 Å². The molecule has 4 N–H and O–H groups in total. The van der Waals surface area contributed by atoms with E-state index < -0.39 is 12.0 Å². The van der Waals surface area contributed by atoms with E-state index in [-0.39, 0.29) is 17.1 Å². The minimum absolute atomic E-state index is 0.147. The lowest BCUT2D eigenvalue weighted by molar-refractivity contribution is -0.274. The van der Waals surface area contributed by atoms with Gasteiger partial charge in [-0.05, 0) is 51.4 Å². The van der Waals surface area contributed by atoms with Gasteiger partial charge in [0.15, 0.2) is 0 Å². The summed E-state index contributed by atoms with van der Waals surface area (Å²) in [6.45, 7) is 3.56. The molecule has 0 aromatic heterocycles. The normalized spacial score (nSPS) is 15.6. The number of alkyl halides is 3. The first-order valence-corrected chi connectivity index (χ1v) is 9.76. The number of fused-ring (bicyclic) bond motifs is 1. The third-order valence-corrected chi connectivity index (χ3v) is 5.68. The first-order chi connectivity index (χ1) is 14.2. The van der Waals surface area contributed by atoms with Gasteiger partial charge in [0.2, 0.25) is 0 Å². The maximum atomic E-state index is 13.0. The van der Waals surface area contributed by atoms with E-state index in [2.05, 4.69) is 25.6 Å². The third kappa shape index (κ3) is 3.99. The second-order valence-corrected chi connectivity index (χ2v) is 7.13. The van der Waals surface area contributed by atoms with Crippen LogP contribution in [0.4, 0.5) is 24.5 Å². The number of phenols is 1. The van der Waals surface area contributed by atoms with Gasteiger partial charge in [-0.2, -0.15) is 0 Å². The van der Waals surface area contributed by atoms with Crippen LogP contribution in [0, 0.1) is 0 Å². The van der Waals surface area contributed by atoms with Crippen LogP contribution in [0.5, 0.6) is 11.5 Å². The van der Waals surface area contributed by atoms with Crippen LogP contribution < -0.4 is 25.6 Å². The average molecular weight is 424 g/mol. The lowest BCUT2D eigenvalue weighted by Crippen LogP contribution is -2.56. The molecule has 1 aliphatic heterocycles. The molecule has 2 aromatic rings. The molecule has 0 bridgehead atoms. The molecule has 0 fully saturated rings. The Morgan fingerprint density at radius 1 is 1.10 bits per heavy atom. The van der Waals surface area contributed by atoms with Crippen LogP contribution >= 0.6 is 0 Å². The summed E-state index contributed by atoms with van der Waals surface area (Å²) in [7, 11) is 5.46. The van der Waals surface area contributed by atoms with Crippen molar-refractivity contribution < 1.29 is 23.0 Å². The highest BCUT2D eigenvalue weighted by atomic mass is 19.4. The summed E-state index contributed by atoms with van der Waals surface area (Å²) in [6, 6.07) is 7.37. The third-order valence-electron chi connectivity index (χ3n) is 5.68. The molecule has 0 atom stereocenters. The maximum Gasteiger partial charge on any atom is 0.573 e. The Labute approximate surface area is 174 Å². The molecule has 9 heteroatoms. The minimum Gasteiger partial charge on any atom is -0.508 e. The fourth-order valence-electron chi connectivity index (χ4n) is 4.09. The minimum atomic E-state index is -4.84. The average Bonchev–Trinajstić information content (AvgIpc) is 2.72. The number of ether oxygens (including phenoxy) is 1. The molecule has 0 radical (unpaired) electrons. The molecule has 0 aliphatic carbocycles. The Hall–Kier alpha value is -2.65. The van der Waals surface area contributed by atoms with Gasteiger partial charge in [0, 0.05) is 54.6 Å². The van der Waals surface area contributed by atoms with Gasteiger partial charge in [-0.3, -0.25) is 10.6 Å². The molecular formula is C21H27F3N4O2. The van der Waals surface area contributed by atoms with E-state index >= 15 is 0 Å². The van der Waals surface area contributed by atoms with Crippen molar-refractivity contribution in [2.75, 3.05) is 44.4 Å². The number of hydrogen-bond acceptors (Lipinski definition) is 6. The summed E-state index contributed by atoms with van der Waals surface area (Å²) in [5.41, 5.74) is 2.72. The molecule has 6 nitrogen and oxygen atoms in total. The number of nitrogens with zero attached hydrogens (tertiary/aromatic N) is 1. The van der Waals surface area contributed by atoms with E-state index in [1.54, 1.807) is 7.05 Å². The number of hydrogen-bond donors (Lipinski definition) is 4. The molecule has 30 heavy (non-hydrogen) atoms. The predicted octanol–water partition coefficient (Wildman–Crippen LogP) is 3.82. The largest absolute Gasteiger partial charge is 0.573 e. The summed E-state index contributed by atoms with van der Waals surface area (Å²) in [5, 5.41) is 19.8. The highest BCUT2D eigenvalue weighted by Crippen LogP contribution is 2.46. The van der Waals surface area contributed by atoms with Gasteiger partial charge in [-0.25, -0.2) is 0 Å². The Morgan fingerprint density at radius 3 is 2.37 bits per heavy atom. The molecule has 3 rings (SSSR count). The molecule has 2 aromatic carbocycles. The second kappa shape index (κ2) is 8.23. The van der Waals surface area contributed by atoms with E-state index in [1.807, 2.05) is 33.2 Å². The second-order valence-electron chi connectivity index (χ2n) is 7.13. The summed E-state index contributed by atoms with van der Waals surface area (Å²) in [4.78, 5) is 2.18. The highest BCUT2D eigenvalue weighted by Gasteiger charge is 2.38. The fraction of sp³-hybridized carbons (Fsp3) is 0.429.